The molecular formula is C17H20O3. The highest BCUT2D eigenvalue weighted by Gasteiger charge is 2.11. The van der Waals surface area contributed by atoms with Crippen LogP contribution in [0.15, 0.2) is 42.5 Å². The van der Waals surface area contributed by atoms with Crippen LogP contribution in [0.2, 0.25) is 0 Å². The third-order valence-electron chi connectivity index (χ3n) is 3.45. The molecule has 0 heterocycles. The summed E-state index contributed by atoms with van der Waals surface area (Å²) in [5, 5.41) is 20.2. The molecule has 1 unspecified atom stereocenters. The first-order chi connectivity index (χ1) is 9.61. The molecule has 106 valence electrons. The minimum absolute atomic E-state index is 0.158. The molecule has 2 aromatic carbocycles. The summed E-state index contributed by atoms with van der Waals surface area (Å²) in [5.74, 6) is 0.624. The van der Waals surface area contributed by atoms with Crippen molar-refractivity contribution in [2.45, 2.75) is 25.9 Å². The second-order valence-electron chi connectivity index (χ2n) is 4.93. The van der Waals surface area contributed by atoms with E-state index in [9.17, 15) is 10.2 Å². The van der Waals surface area contributed by atoms with Gasteiger partial charge in [0.05, 0.1) is 13.2 Å². The maximum atomic E-state index is 10.2. The number of aliphatic hydroxyl groups excluding tert-OH is 1. The maximum Gasteiger partial charge on any atom is 0.160 e. The Morgan fingerprint density at radius 2 is 1.80 bits per heavy atom. The van der Waals surface area contributed by atoms with Gasteiger partial charge in [-0.25, -0.2) is 0 Å². The number of hydrogen-bond acceptors (Lipinski definition) is 3. The predicted molar refractivity (Wildman–Crippen MR) is 79.1 cm³/mol. The van der Waals surface area contributed by atoms with Gasteiger partial charge in [0.25, 0.3) is 0 Å². The minimum Gasteiger partial charge on any atom is -0.504 e. The van der Waals surface area contributed by atoms with Gasteiger partial charge in [-0.3, -0.25) is 0 Å². The summed E-state index contributed by atoms with van der Waals surface area (Å²) < 4.78 is 5.08. The SMILES string of the molecule is COc1cccc(CCC(O)c2ccc(C)cc2)c1O. The van der Waals surface area contributed by atoms with Crippen LogP contribution in [0.3, 0.4) is 0 Å². The monoisotopic (exact) mass is 272 g/mol. The smallest absolute Gasteiger partial charge is 0.160 e. The highest BCUT2D eigenvalue weighted by molar-refractivity contribution is 5.45. The second-order valence-corrected chi connectivity index (χ2v) is 4.93. The molecule has 1 atom stereocenters. The lowest BCUT2D eigenvalue weighted by Crippen LogP contribution is -2.00. The van der Waals surface area contributed by atoms with Gasteiger partial charge < -0.3 is 14.9 Å². The molecule has 0 bridgehead atoms. The van der Waals surface area contributed by atoms with Crippen LogP contribution >= 0.6 is 0 Å². The van der Waals surface area contributed by atoms with Crippen LogP contribution in [0, 0.1) is 6.92 Å². The summed E-state index contributed by atoms with van der Waals surface area (Å²) in [6.07, 6.45) is 0.628. The van der Waals surface area contributed by atoms with Crippen molar-refractivity contribution in [3.8, 4) is 11.5 Å². The third kappa shape index (κ3) is 3.31. The largest absolute Gasteiger partial charge is 0.504 e. The summed E-state index contributed by atoms with van der Waals surface area (Å²) in [7, 11) is 1.53. The van der Waals surface area contributed by atoms with Crippen LogP contribution in [0.5, 0.6) is 11.5 Å². The van der Waals surface area contributed by atoms with E-state index in [-0.39, 0.29) is 5.75 Å². The van der Waals surface area contributed by atoms with Crippen molar-refractivity contribution in [1.82, 2.24) is 0 Å². The molecule has 0 aliphatic carbocycles. The highest BCUT2D eigenvalue weighted by atomic mass is 16.5. The predicted octanol–water partition coefficient (Wildman–Crippen LogP) is 3.38. The molecule has 0 amide bonds. The van der Waals surface area contributed by atoms with E-state index >= 15 is 0 Å². The van der Waals surface area contributed by atoms with Crippen molar-refractivity contribution in [1.29, 1.82) is 0 Å². The third-order valence-corrected chi connectivity index (χ3v) is 3.45. The van der Waals surface area contributed by atoms with E-state index in [2.05, 4.69) is 0 Å². The quantitative estimate of drug-likeness (QED) is 0.877. The Morgan fingerprint density at radius 1 is 1.10 bits per heavy atom. The fourth-order valence-corrected chi connectivity index (χ4v) is 2.18. The number of para-hydroxylation sites is 1. The molecule has 2 rings (SSSR count). The molecular weight excluding hydrogens is 252 g/mol. The number of hydrogen-bond donors (Lipinski definition) is 2. The summed E-state index contributed by atoms with van der Waals surface area (Å²) in [5.41, 5.74) is 2.86. The summed E-state index contributed by atoms with van der Waals surface area (Å²) >= 11 is 0. The lowest BCUT2D eigenvalue weighted by molar-refractivity contribution is 0.167. The van der Waals surface area contributed by atoms with E-state index in [1.165, 1.54) is 12.7 Å². The number of phenolic OH excluding ortho intramolecular Hbond substituents is 1. The minimum atomic E-state index is -0.527. The zero-order valence-corrected chi connectivity index (χ0v) is 11.8. The Hall–Kier alpha value is -2.00. The number of phenols is 1. The van der Waals surface area contributed by atoms with Gasteiger partial charge in [-0.15, -0.1) is 0 Å². The Morgan fingerprint density at radius 3 is 2.45 bits per heavy atom. The van der Waals surface area contributed by atoms with Crippen molar-refractivity contribution < 1.29 is 14.9 Å². The number of aromatic hydroxyl groups is 1. The van der Waals surface area contributed by atoms with Crippen molar-refractivity contribution >= 4 is 0 Å². The summed E-state index contributed by atoms with van der Waals surface area (Å²) in [6, 6.07) is 13.3. The lowest BCUT2D eigenvalue weighted by atomic mass is 10.00. The molecule has 0 aromatic heterocycles. The average Bonchev–Trinajstić information content (AvgIpc) is 2.46. The first-order valence-electron chi connectivity index (χ1n) is 6.71. The molecule has 0 saturated carbocycles. The summed E-state index contributed by atoms with van der Waals surface area (Å²) in [6.45, 7) is 2.02. The van der Waals surface area contributed by atoms with Crippen LogP contribution < -0.4 is 4.74 Å². The van der Waals surface area contributed by atoms with Crippen LogP contribution in [0.4, 0.5) is 0 Å². The first kappa shape index (κ1) is 14.4. The molecule has 2 N–H and O–H groups in total. The Bertz CT molecular complexity index is 561. The van der Waals surface area contributed by atoms with Gasteiger partial charge in [0.2, 0.25) is 0 Å². The Labute approximate surface area is 119 Å². The molecule has 20 heavy (non-hydrogen) atoms. The van der Waals surface area contributed by atoms with E-state index in [1.807, 2.05) is 43.3 Å². The molecule has 0 saturated heterocycles. The van der Waals surface area contributed by atoms with E-state index in [4.69, 9.17) is 4.74 Å². The van der Waals surface area contributed by atoms with Crippen molar-refractivity contribution in [3.63, 3.8) is 0 Å². The van der Waals surface area contributed by atoms with Gasteiger partial charge in [-0.05, 0) is 37.0 Å². The highest BCUT2D eigenvalue weighted by Crippen LogP contribution is 2.31. The fourth-order valence-electron chi connectivity index (χ4n) is 2.18. The van der Waals surface area contributed by atoms with E-state index in [0.717, 1.165) is 11.1 Å². The number of rotatable bonds is 5. The molecule has 2 aromatic rings. The molecule has 3 heteroatoms. The second kappa shape index (κ2) is 6.44. The van der Waals surface area contributed by atoms with Crippen LogP contribution in [-0.2, 0) is 6.42 Å². The van der Waals surface area contributed by atoms with Crippen molar-refractivity contribution in [2.75, 3.05) is 7.11 Å². The van der Waals surface area contributed by atoms with E-state index in [1.54, 1.807) is 6.07 Å². The zero-order valence-electron chi connectivity index (χ0n) is 11.8. The molecule has 0 fully saturated rings. The standard InChI is InChI=1S/C17H20O3/c1-12-6-8-13(9-7-12)15(18)11-10-14-4-3-5-16(20-2)17(14)19/h3-9,15,18-19H,10-11H2,1-2H3. The molecule has 0 spiro atoms. The normalized spacial score (nSPS) is 12.2. The summed E-state index contributed by atoms with van der Waals surface area (Å²) in [4.78, 5) is 0. The maximum absolute atomic E-state index is 10.2. The van der Waals surface area contributed by atoms with Gasteiger partial charge in [0.1, 0.15) is 0 Å². The Balaban J connectivity index is 2.03. The molecule has 0 aliphatic rings. The number of methoxy groups -OCH3 is 1. The molecule has 0 aliphatic heterocycles. The Kier molecular flexibility index (Phi) is 4.64. The van der Waals surface area contributed by atoms with Crippen LogP contribution in [0.25, 0.3) is 0 Å². The van der Waals surface area contributed by atoms with Crippen LogP contribution in [0.1, 0.15) is 29.2 Å². The van der Waals surface area contributed by atoms with Gasteiger partial charge in [0, 0.05) is 0 Å². The van der Waals surface area contributed by atoms with E-state index in [0.29, 0.717) is 18.6 Å². The van der Waals surface area contributed by atoms with E-state index < -0.39 is 6.10 Å². The molecule has 3 nitrogen and oxygen atoms in total. The van der Waals surface area contributed by atoms with Gasteiger partial charge >= 0.3 is 0 Å². The fraction of sp³-hybridized carbons (Fsp3) is 0.294. The lowest BCUT2D eigenvalue weighted by Gasteiger charge is -2.13. The number of aryl methyl sites for hydroxylation is 2. The average molecular weight is 272 g/mol. The molecule has 0 radical (unpaired) electrons. The van der Waals surface area contributed by atoms with Crippen molar-refractivity contribution in [2.24, 2.45) is 0 Å². The van der Waals surface area contributed by atoms with Crippen molar-refractivity contribution in [3.05, 3.63) is 59.2 Å². The first-order valence-corrected chi connectivity index (χ1v) is 6.71. The zero-order chi connectivity index (χ0) is 14.5. The number of aliphatic hydroxyl groups is 1. The van der Waals surface area contributed by atoms with Gasteiger partial charge in [0.15, 0.2) is 11.5 Å². The topological polar surface area (TPSA) is 49.7 Å². The van der Waals surface area contributed by atoms with Gasteiger partial charge in [-0.1, -0.05) is 42.0 Å². The van der Waals surface area contributed by atoms with Crippen LogP contribution in [-0.4, -0.2) is 17.3 Å². The van der Waals surface area contributed by atoms with Gasteiger partial charge in [-0.2, -0.15) is 0 Å². The number of ether oxygens (including phenoxy) is 1. The number of benzene rings is 2.